The van der Waals surface area contributed by atoms with E-state index in [1.165, 1.54) is 11.3 Å². The van der Waals surface area contributed by atoms with Gasteiger partial charge in [-0.05, 0) is 52.7 Å². The Labute approximate surface area is 116 Å². The summed E-state index contributed by atoms with van der Waals surface area (Å²) in [5, 5.41) is 9.46. The molecule has 94 valence electrons. The zero-order valence-electron chi connectivity index (χ0n) is 10.5. The summed E-state index contributed by atoms with van der Waals surface area (Å²) in [6.45, 7) is 2.89. The van der Waals surface area contributed by atoms with Gasteiger partial charge in [-0.25, -0.2) is 0 Å². The van der Waals surface area contributed by atoms with E-state index >= 15 is 0 Å². The lowest BCUT2D eigenvalue weighted by Gasteiger charge is -2.19. The van der Waals surface area contributed by atoms with Crippen molar-refractivity contribution in [2.75, 3.05) is 11.9 Å². The number of aryl methyl sites for hydroxylation is 1. The molecule has 0 fully saturated rings. The van der Waals surface area contributed by atoms with Crippen molar-refractivity contribution >= 4 is 21.6 Å². The maximum Gasteiger partial charge on any atom is 0.129 e. The summed E-state index contributed by atoms with van der Waals surface area (Å²) in [4.78, 5) is 2.18. The summed E-state index contributed by atoms with van der Waals surface area (Å²) in [5.74, 6) is 0.275. The van der Waals surface area contributed by atoms with E-state index in [2.05, 4.69) is 59.1 Å². The lowest BCUT2D eigenvalue weighted by atomic mass is 10.2. The Morgan fingerprint density at radius 2 is 1.78 bits per heavy atom. The van der Waals surface area contributed by atoms with Crippen LogP contribution in [0.1, 0.15) is 11.1 Å². The molecule has 0 radical (unpaired) electrons. The monoisotopic (exact) mass is 305 g/mol. The molecule has 0 spiro atoms. The topological polar surface area (TPSA) is 23.5 Å². The minimum atomic E-state index is 0.275. The van der Waals surface area contributed by atoms with E-state index in [4.69, 9.17) is 0 Å². The fourth-order valence-electron chi connectivity index (χ4n) is 1.81. The number of phenols is 1. The number of anilines is 1. The van der Waals surface area contributed by atoms with Gasteiger partial charge in [0.05, 0.1) is 4.47 Å². The highest BCUT2D eigenvalue weighted by molar-refractivity contribution is 9.10. The van der Waals surface area contributed by atoms with Gasteiger partial charge in [0.25, 0.3) is 0 Å². The fourth-order valence-corrected chi connectivity index (χ4v) is 2.24. The number of aromatic hydroxyl groups is 1. The largest absolute Gasteiger partial charge is 0.507 e. The molecular weight excluding hydrogens is 290 g/mol. The average Bonchev–Trinajstić information content (AvgIpc) is 2.34. The average molecular weight is 306 g/mol. The Balaban J connectivity index is 2.13. The first kappa shape index (κ1) is 13.0. The molecule has 0 amide bonds. The molecule has 0 saturated carbocycles. The molecule has 2 rings (SSSR count). The van der Waals surface area contributed by atoms with Crippen molar-refractivity contribution in [1.29, 1.82) is 0 Å². The lowest BCUT2D eigenvalue weighted by Crippen LogP contribution is -2.16. The Morgan fingerprint density at radius 1 is 1.11 bits per heavy atom. The van der Waals surface area contributed by atoms with Crippen molar-refractivity contribution in [2.45, 2.75) is 13.5 Å². The lowest BCUT2D eigenvalue weighted by molar-refractivity contribution is 0.471. The Kier molecular flexibility index (Phi) is 3.92. The molecule has 2 nitrogen and oxygen atoms in total. The van der Waals surface area contributed by atoms with Crippen molar-refractivity contribution in [3.8, 4) is 5.75 Å². The van der Waals surface area contributed by atoms with Crippen molar-refractivity contribution in [1.82, 2.24) is 0 Å². The van der Waals surface area contributed by atoms with Crippen LogP contribution in [-0.2, 0) is 6.54 Å². The third-order valence-electron chi connectivity index (χ3n) is 2.91. The number of rotatable bonds is 3. The smallest absolute Gasteiger partial charge is 0.129 e. The highest BCUT2D eigenvalue weighted by Gasteiger charge is 2.04. The van der Waals surface area contributed by atoms with Crippen molar-refractivity contribution in [2.24, 2.45) is 0 Å². The van der Waals surface area contributed by atoms with Crippen LogP contribution in [0.5, 0.6) is 5.75 Å². The van der Waals surface area contributed by atoms with Gasteiger partial charge in [0.15, 0.2) is 0 Å². The Morgan fingerprint density at radius 3 is 2.39 bits per heavy atom. The standard InChI is InChI=1S/C15H16BrNO/c1-11-3-6-13(7-4-11)17(2)10-12-5-8-15(18)14(16)9-12/h3-9,18H,10H2,1-2H3. The molecule has 0 heterocycles. The molecule has 0 unspecified atom stereocenters. The second-order valence-electron chi connectivity index (χ2n) is 4.48. The highest BCUT2D eigenvalue weighted by atomic mass is 79.9. The first-order valence-corrected chi connectivity index (χ1v) is 6.61. The van der Waals surface area contributed by atoms with Crippen LogP contribution >= 0.6 is 15.9 Å². The molecule has 1 N–H and O–H groups in total. The van der Waals surface area contributed by atoms with E-state index in [-0.39, 0.29) is 5.75 Å². The molecule has 0 aliphatic carbocycles. The zero-order chi connectivity index (χ0) is 13.1. The third-order valence-corrected chi connectivity index (χ3v) is 3.54. The number of hydrogen-bond acceptors (Lipinski definition) is 2. The molecule has 3 heteroatoms. The molecule has 0 atom stereocenters. The molecule has 2 aromatic rings. The summed E-state index contributed by atoms with van der Waals surface area (Å²) >= 11 is 3.33. The number of halogens is 1. The molecule has 0 bridgehead atoms. The number of hydrogen-bond donors (Lipinski definition) is 1. The van der Waals surface area contributed by atoms with Gasteiger partial charge in [0, 0.05) is 19.3 Å². The van der Waals surface area contributed by atoms with E-state index in [1.54, 1.807) is 6.07 Å². The van der Waals surface area contributed by atoms with Crippen LogP contribution in [0.4, 0.5) is 5.69 Å². The number of phenolic OH excluding ortho intramolecular Hbond substituents is 1. The molecule has 2 aromatic carbocycles. The van der Waals surface area contributed by atoms with Gasteiger partial charge in [0.2, 0.25) is 0 Å². The molecule has 0 aliphatic heterocycles. The molecular formula is C15H16BrNO. The number of nitrogens with zero attached hydrogens (tertiary/aromatic N) is 1. The van der Waals surface area contributed by atoms with Crippen LogP contribution in [0.2, 0.25) is 0 Å². The summed E-state index contributed by atoms with van der Waals surface area (Å²) in [5.41, 5.74) is 3.60. The molecule has 0 aromatic heterocycles. The fraction of sp³-hybridized carbons (Fsp3) is 0.200. The maximum atomic E-state index is 9.46. The summed E-state index contributed by atoms with van der Waals surface area (Å²) < 4.78 is 0.734. The molecule has 0 aliphatic rings. The first-order valence-electron chi connectivity index (χ1n) is 5.81. The first-order chi connectivity index (χ1) is 8.56. The zero-order valence-corrected chi connectivity index (χ0v) is 12.1. The second kappa shape index (κ2) is 5.44. The van der Waals surface area contributed by atoms with Gasteiger partial charge >= 0.3 is 0 Å². The van der Waals surface area contributed by atoms with Crippen LogP contribution in [-0.4, -0.2) is 12.2 Å². The van der Waals surface area contributed by atoms with Crippen LogP contribution in [0, 0.1) is 6.92 Å². The third kappa shape index (κ3) is 3.05. The summed E-state index contributed by atoms with van der Waals surface area (Å²) in [7, 11) is 2.06. The highest BCUT2D eigenvalue weighted by Crippen LogP contribution is 2.25. The van der Waals surface area contributed by atoms with Gasteiger partial charge in [-0.3, -0.25) is 0 Å². The van der Waals surface area contributed by atoms with E-state index in [9.17, 15) is 5.11 Å². The number of benzene rings is 2. The van der Waals surface area contributed by atoms with Gasteiger partial charge in [-0.2, -0.15) is 0 Å². The minimum absolute atomic E-state index is 0.275. The van der Waals surface area contributed by atoms with E-state index in [0.29, 0.717) is 0 Å². The Hall–Kier alpha value is -1.48. The van der Waals surface area contributed by atoms with Crippen LogP contribution in [0.3, 0.4) is 0 Å². The van der Waals surface area contributed by atoms with Crippen LogP contribution in [0.15, 0.2) is 46.9 Å². The van der Waals surface area contributed by atoms with Crippen molar-refractivity contribution in [3.63, 3.8) is 0 Å². The normalized spacial score (nSPS) is 10.4. The van der Waals surface area contributed by atoms with Gasteiger partial charge in [0.1, 0.15) is 5.75 Å². The van der Waals surface area contributed by atoms with Crippen molar-refractivity contribution in [3.05, 3.63) is 58.1 Å². The predicted octanol–water partition coefficient (Wildman–Crippen LogP) is 4.10. The maximum absolute atomic E-state index is 9.46. The molecule has 0 saturated heterocycles. The van der Waals surface area contributed by atoms with Crippen molar-refractivity contribution < 1.29 is 5.11 Å². The van der Waals surface area contributed by atoms with E-state index in [0.717, 1.165) is 16.6 Å². The SMILES string of the molecule is Cc1ccc(N(C)Cc2ccc(O)c(Br)c2)cc1. The van der Waals surface area contributed by atoms with Crippen LogP contribution in [0.25, 0.3) is 0 Å². The summed E-state index contributed by atoms with van der Waals surface area (Å²) in [6.07, 6.45) is 0. The van der Waals surface area contributed by atoms with Gasteiger partial charge in [-0.1, -0.05) is 23.8 Å². The second-order valence-corrected chi connectivity index (χ2v) is 5.33. The van der Waals surface area contributed by atoms with E-state index in [1.807, 2.05) is 12.1 Å². The quantitative estimate of drug-likeness (QED) is 0.923. The van der Waals surface area contributed by atoms with Crippen LogP contribution < -0.4 is 4.90 Å². The van der Waals surface area contributed by atoms with Gasteiger partial charge in [-0.15, -0.1) is 0 Å². The van der Waals surface area contributed by atoms with Gasteiger partial charge < -0.3 is 10.0 Å². The Bertz CT molecular complexity index is 537. The minimum Gasteiger partial charge on any atom is -0.507 e. The van der Waals surface area contributed by atoms with E-state index < -0.39 is 0 Å². The predicted molar refractivity (Wildman–Crippen MR) is 79.1 cm³/mol. The summed E-state index contributed by atoms with van der Waals surface area (Å²) in [6, 6.07) is 14.0. The molecule has 18 heavy (non-hydrogen) atoms.